The summed E-state index contributed by atoms with van der Waals surface area (Å²) in [7, 11) is 0. The minimum atomic E-state index is -0.584. The van der Waals surface area contributed by atoms with Gasteiger partial charge in [-0.05, 0) is 143 Å². The molecule has 0 unspecified atom stereocenters. The number of fused-ring (bicyclic) bond motifs is 4. The summed E-state index contributed by atoms with van der Waals surface area (Å²) in [6, 6.07) is 30.8. The van der Waals surface area contributed by atoms with Gasteiger partial charge in [0.05, 0.1) is 11.0 Å². The van der Waals surface area contributed by atoms with Gasteiger partial charge in [-0.15, -0.1) is 0 Å². The van der Waals surface area contributed by atoms with Crippen molar-refractivity contribution in [1.29, 1.82) is 0 Å². The van der Waals surface area contributed by atoms with Crippen molar-refractivity contribution in [2.24, 2.45) is 0 Å². The molecule has 6 heterocycles. The quantitative estimate of drug-likeness (QED) is 0.108. The number of hydrogen-bond acceptors (Lipinski definition) is 13. The van der Waals surface area contributed by atoms with E-state index in [0.717, 1.165) is 116 Å². The lowest BCUT2D eigenvalue weighted by molar-refractivity contribution is 0.00562. The van der Waals surface area contributed by atoms with Crippen molar-refractivity contribution in [3.8, 4) is 23.0 Å². The van der Waals surface area contributed by atoms with Gasteiger partial charge in [0, 0.05) is 98.7 Å². The predicted octanol–water partition coefficient (Wildman–Crippen LogP) is 6.87. The molecule has 4 aliphatic rings. The molecule has 71 heavy (non-hydrogen) atoms. The minimum Gasteiger partial charge on any atom is -0.486 e. The van der Waals surface area contributed by atoms with Gasteiger partial charge in [0.15, 0.2) is 23.0 Å². The number of aromatic nitrogens is 2. The first-order chi connectivity index (χ1) is 34.3. The zero-order chi connectivity index (χ0) is 49.5. The second-order valence-corrected chi connectivity index (χ2v) is 19.9. The Bertz CT molecular complexity index is 2930. The second-order valence-electron chi connectivity index (χ2n) is 19.9. The van der Waals surface area contributed by atoms with Crippen LogP contribution < -0.4 is 46.9 Å². The first-order valence-corrected chi connectivity index (χ1v) is 25.0. The normalized spacial score (nSPS) is 16.6. The highest BCUT2D eigenvalue weighted by molar-refractivity contribution is 5.83. The van der Waals surface area contributed by atoms with Gasteiger partial charge in [0.2, 0.25) is 0 Å². The highest BCUT2D eigenvalue weighted by atomic mass is 16.6. The van der Waals surface area contributed by atoms with Crippen LogP contribution in [0.15, 0.2) is 107 Å². The fourth-order valence-electron chi connectivity index (χ4n) is 9.91. The molecule has 4 aliphatic heterocycles. The van der Waals surface area contributed by atoms with Gasteiger partial charge in [-0.3, -0.25) is 9.59 Å². The summed E-state index contributed by atoms with van der Waals surface area (Å²) in [5.74, 6) is 3.12. The number of nitrogens with one attached hydrogen (secondary N) is 1. The van der Waals surface area contributed by atoms with Crippen LogP contribution in [-0.4, -0.2) is 113 Å². The molecule has 0 spiro atoms. The Morgan fingerprint density at radius 1 is 0.606 bits per heavy atom. The topological polar surface area (TPSA) is 181 Å². The molecule has 6 aromatic rings. The number of nitrogen functional groups attached to an aromatic ring is 2. The number of rotatable bonds is 12. The molecule has 0 bridgehead atoms. The fourth-order valence-corrected chi connectivity index (χ4v) is 9.91. The molecule has 0 aliphatic carbocycles. The lowest BCUT2D eigenvalue weighted by atomic mass is 10.0. The van der Waals surface area contributed by atoms with Gasteiger partial charge < -0.3 is 64.3 Å². The summed E-state index contributed by atoms with van der Waals surface area (Å²) in [6.07, 6.45) is 3.55. The van der Waals surface area contributed by atoms with Crippen molar-refractivity contribution in [2.75, 3.05) is 77.2 Å². The smallest absolute Gasteiger partial charge is 0.410 e. The number of anilines is 2. The molecule has 0 radical (unpaired) electrons. The van der Waals surface area contributed by atoms with Crippen LogP contribution >= 0.6 is 0 Å². The molecule has 1 amide bonds. The molecule has 2 fully saturated rings. The van der Waals surface area contributed by atoms with Gasteiger partial charge in [-0.2, -0.15) is 0 Å². The third-order valence-electron chi connectivity index (χ3n) is 13.7. The lowest BCUT2D eigenvalue weighted by Crippen LogP contribution is -2.49. The molecule has 16 heteroatoms. The lowest BCUT2D eigenvalue weighted by Gasteiger charge is -2.39. The second kappa shape index (κ2) is 22.1. The fraction of sp³-hybridized carbons (Fsp3) is 0.436. The number of ether oxygens (including phenoxy) is 5. The Morgan fingerprint density at radius 3 is 1.61 bits per heavy atom. The summed E-state index contributed by atoms with van der Waals surface area (Å²) < 4.78 is 32.2. The number of nitrogens with two attached hydrogens (primary N) is 2. The molecular formula is C55H68N8O8. The van der Waals surface area contributed by atoms with E-state index < -0.39 is 5.60 Å². The number of amides is 1. The highest BCUT2D eigenvalue weighted by Crippen LogP contribution is 2.33. The number of piperidine rings is 2. The van der Waals surface area contributed by atoms with E-state index in [9.17, 15) is 14.4 Å². The number of pyridine rings is 2. The van der Waals surface area contributed by atoms with E-state index in [2.05, 4.69) is 27.2 Å². The molecule has 4 aromatic carbocycles. The van der Waals surface area contributed by atoms with Crippen LogP contribution in [0, 0.1) is 0 Å². The molecule has 5 N–H and O–H groups in total. The molecule has 0 atom stereocenters. The Kier molecular flexibility index (Phi) is 15.3. The van der Waals surface area contributed by atoms with Crippen LogP contribution in [0.3, 0.4) is 0 Å². The summed E-state index contributed by atoms with van der Waals surface area (Å²) in [4.78, 5) is 45.0. The van der Waals surface area contributed by atoms with Gasteiger partial charge >= 0.3 is 6.09 Å². The van der Waals surface area contributed by atoms with Crippen LogP contribution in [0.4, 0.5) is 16.2 Å². The van der Waals surface area contributed by atoms with Crippen molar-refractivity contribution in [3.63, 3.8) is 0 Å². The molecular weight excluding hydrogens is 901 g/mol. The Morgan fingerprint density at radius 2 is 1.08 bits per heavy atom. The number of nitrogens with zero attached hydrogens (tertiary/aromatic N) is 5. The van der Waals surface area contributed by atoms with Crippen molar-refractivity contribution >= 4 is 39.3 Å². The average Bonchev–Trinajstić information content (AvgIpc) is 3.37. The van der Waals surface area contributed by atoms with E-state index in [0.29, 0.717) is 69.2 Å². The molecule has 2 saturated heterocycles. The minimum absolute atomic E-state index is 0.0160. The molecule has 2 aromatic heterocycles. The number of carbonyl (C=O) groups is 1. The Labute approximate surface area is 414 Å². The SMILES string of the molecule is CC(C)(C)OC(=O)N(Cc1ccc2c(c1)OCCO2)C1CCN(CCn2c(=O)ccc3cc(N)ccc32)CC1.Nc1ccc2c(ccc(=O)n2CCN2CCC(NCc3ccc4c(c3)OCCO4)CC2)c1. The van der Waals surface area contributed by atoms with Crippen molar-refractivity contribution in [3.05, 3.63) is 129 Å². The highest BCUT2D eigenvalue weighted by Gasteiger charge is 2.32. The number of hydrogen-bond donors (Lipinski definition) is 3. The average molecular weight is 969 g/mol. The first-order valence-electron chi connectivity index (χ1n) is 25.0. The van der Waals surface area contributed by atoms with Crippen LogP contribution in [0.1, 0.15) is 57.6 Å². The van der Waals surface area contributed by atoms with Crippen molar-refractivity contribution < 1.29 is 28.5 Å². The Hall–Kier alpha value is -6.75. The summed E-state index contributed by atoms with van der Waals surface area (Å²) in [5.41, 5.74) is 16.7. The first kappa shape index (κ1) is 49.2. The van der Waals surface area contributed by atoms with Gasteiger partial charge in [-0.1, -0.05) is 12.1 Å². The third-order valence-corrected chi connectivity index (χ3v) is 13.7. The maximum atomic E-state index is 13.3. The Balaban J connectivity index is 0.000000179. The van der Waals surface area contributed by atoms with Crippen LogP contribution in [0.5, 0.6) is 23.0 Å². The van der Waals surface area contributed by atoms with Gasteiger partial charge in [0.1, 0.15) is 32.0 Å². The largest absolute Gasteiger partial charge is 0.486 e. The van der Waals surface area contributed by atoms with Crippen LogP contribution in [0.2, 0.25) is 0 Å². The maximum absolute atomic E-state index is 13.3. The molecule has 16 nitrogen and oxygen atoms in total. The zero-order valence-electron chi connectivity index (χ0n) is 41.3. The van der Waals surface area contributed by atoms with E-state index in [4.69, 9.17) is 35.2 Å². The monoisotopic (exact) mass is 969 g/mol. The zero-order valence-corrected chi connectivity index (χ0v) is 41.3. The van der Waals surface area contributed by atoms with E-state index in [-0.39, 0.29) is 23.3 Å². The number of likely N-dealkylation sites (tertiary alicyclic amines) is 2. The third kappa shape index (κ3) is 12.6. The summed E-state index contributed by atoms with van der Waals surface area (Å²) in [5, 5.41) is 5.65. The van der Waals surface area contributed by atoms with E-state index in [1.165, 1.54) is 5.56 Å². The predicted molar refractivity (Wildman–Crippen MR) is 278 cm³/mol. The van der Waals surface area contributed by atoms with Crippen LogP contribution in [-0.2, 0) is 30.9 Å². The maximum Gasteiger partial charge on any atom is 0.410 e. The number of benzene rings is 4. The molecule has 0 saturated carbocycles. The van der Waals surface area contributed by atoms with E-state index >= 15 is 0 Å². The van der Waals surface area contributed by atoms with Gasteiger partial charge in [0.25, 0.3) is 11.1 Å². The van der Waals surface area contributed by atoms with Gasteiger partial charge in [-0.25, -0.2) is 4.79 Å². The molecule has 376 valence electrons. The summed E-state index contributed by atoms with van der Waals surface area (Å²) >= 11 is 0. The summed E-state index contributed by atoms with van der Waals surface area (Å²) in [6.45, 7) is 15.9. The van der Waals surface area contributed by atoms with E-state index in [1.54, 1.807) is 12.1 Å². The van der Waals surface area contributed by atoms with Crippen molar-refractivity contribution in [1.82, 2.24) is 29.2 Å². The van der Waals surface area contributed by atoms with Crippen LogP contribution in [0.25, 0.3) is 21.8 Å². The standard InChI is InChI=1S/C30H38N4O5.C25H30N4O3/c1-30(2,3)39-29(36)34(20-21-4-8-26-27(18-21)38-17-16-37-26)24-10-12-32(13-11-24)14-15-33-25-7-6-23(31)19-22(25)5-9-28(33)35;26-20-3-4-22-19(16-20)2-6-25(30)29(22)12-11-28-9-7-21(8-10-28)27-17-18-1-5-23-24(15-18)32-14-13-31-23/h4-9,18-19,24H,10-17,20,31H2,1-3H3;1-6,15-16,21,27H,7-14,17,26H2. The number of carbonyl (C=O) groups excluding carboxylic acids is 1. The van der Waals surface area contributed by atoms with Crippen molar-refractivity contribution in [2.45, 2.75) is 90.3 Å². The van der Waals surface area contributed by atoms with E-state index in [1.807, 2.05) is 108 Å². The molecule has 10 rings (SSSR count).